The quantitative estimate of drug-likeness (QED) is 0.860. The van der Waals surface area contributed by atoms with E-state index in [-0.39, 0.29) is 11.9 Å². The fourth-order valence-electron chi connectivity index (χ4n) is 1.76. The van der Waals surface area contributed by atoms with Crippen molar-refractivity contribution in [3.05, 3.63) is 70.0 Å². The molecule has 0 aliphatic carbocycles. The maximum Gasteiger partial charge on any atom is 0.127 e. The fraction of sp³-hybridized carbons (Fsp3) is 0.143. The van der Waals surface area contributed by atoms with Crippen LogP contribution in [0.2, 0.25) is 5.02 Å². The van der Waals surface area contributed by atoms with Crippen molar-refractivity contribution in [2.45, 2.75) is 13.0 Å². The van der Waals surface area contributed by atoms with Crippen molar-refractivity contribution in [3.8, 4) is 0 Å². The number of rotatable bonds is 2. The lowest BCUT2D eigenvalue weighted by molar-refractivity contribution is 0.617. The van der Waals surface area contributed by atoms with Gasteiger partial charge in [0.05, 0.1) is 6.04 Å². The molecule has 3 heteroatoms. The van der Waals surface area contributed by atoms with Gasteiger partial charge in [-0.3, -0.25) is 0 Å². The minimum Gasteiger partial charge on any atom is -0.320 e. The number of hydrogen-bond donors (Lipinski definition) is 1. The van der Waals surface area contributed by atoms with Crippen LogP contribution in [0.4, 0.5) is 4.39 Å². The first-order valence-corrected chi connectivity index (χ1v) is 5.73. The topological polar surface area (TPSA) is 26.0 Å². The first-order chi connectivity index (χ1) is 8.09. The van der Waals surface area contributed by atoms with E-state index in [1.54, 1.807) is 13.0 Å². The largest absolute Gasteiger partial charge is 0.320 e. The van der Waals surface area contributed by atoms with E-state index in [1.807, 2.05) is 30.3 Å². The Morgan fingerprint density at radius 3 is 2.47 bits per heavy atom. The molecule has 1 nitrogen and oxygen atoms in total. The van der Waals surface area contributed by atoms with Crippen LogP contribution in [-0.2, 0) is 0 Å². The second-order valence-electron chi connectivity index (χ2n) is 4.01. The maximum absolute atomic E-state index is 13.3. The minimum absolute atomic E-state index is 0.306. The van der Waals surface area contributed by atoms with Gasteiger partial charge in [-0.05, 0) is 35.7 Å². The third-order valence-corrected chi connectivity index (χ3v) is 3.10. The molecule has 0 radical (unpaired) electrons. The molecule has 0 fully saturated rings. The van der Waals surface area contributed by atoms with E-state index in [9.17, 15) is 4.39 Å². The Morgan fingerprint density at radius 1 is 1.18 bits per heavy atom. The molecule has 2 aromatic rings. The first-order valence-electron chi connectivity index (χ1n) is 5.35. The molecule has 0 saturated heterocycles. The lowest BCUT2D eigenvalue weighted by Gasteiger charge is -2.15. The third-order valence-electron chi connectivity index (χ3n) is 2.77. The molecular formula is C14H13ClFN. The van der Waals surface area contributed by atoms with Crippen molar-refractivity contribution in [1.29, 1.82) is 0 Å². The summed E-state index contributed by atoms with van der Waals surface area (Å²) in [6.45, 7) is 1.70. The van der Waals surface area contributed by atoms with Gasteiger partial charge in [0, 0.05) is 5.02 Å². The van der Waals surface area contributed by atoms with E-state index in [2.05, 4.69) is 0 Å². The van der Waals surface area contributed by atoms with Crippen LogP contribution in [0.3, 0.4) is 0 Å². The summed E-state index contributed by atoms with van der Waals surface area (Å²) in [4.78, 5) is 0. The van der Waals surface area contributed by atoms with Gasteiger partial charge in [-0.25, -0.2) is 4.39 Å². The third kappa shape index (κ3) is 2.48. The summed E-state index contributed by atoms with van der Waals surface area (Å²) in [6.07, 6.45) is 0. The number of nitrogens with two attached hydrogens (primary N) is 1. The summed E-state index contributed by atoms with van der Waals surface area (Å²) in [5.41, 5.74) is 8.39. The molecule has 1 unspecified atom stereocenters. The molecule has 0 spiro atoms. The van der Waals surface area contributed by atoms with E-state index in [0.717, 1.165) is 11.1 Å². The predicted octanol–water partition coefficient (Wildman–Crippen LogP) is 3.84. The lowest BCUT2D eigenvalue weighted by atomic mass is 9.98. The Balaban J connectivity index is 2.44. The number of benzene rings is 2. The van der Waals surface area contributed by atoms with Crippen LogP contribution in [0, 0.1) is 12.7 Å². The van der Waals surface area contributed by atoms with Gasteiger partial charge in [0.15, 0.2) is 0 Å². The zero-order chi connectivity index (χ0) is 12.4. The van der Waals surface area contributed by atoms with Gasteiger partial charge in [0.2, 0.25) is 0 Å². The van der Waals surface area contributed by atoms with Crippen molar-refractivity contribution in [2.24, 2.45) is 5.73 Å². The highest BCUT2D eigenvalue weighted by atomic mass is 35.5. The Morgan fingerprint density at radius 2 is 1.82 bits per heavy atom. The Hall–Kier alpha value is -1.38. The molecule has 17 heavy (non-hydrogen) atoms. The Labute approximate surface area is 105 Å². The summed E-state index contributed by atoms with van der Waals surface area (Å²) in [6, 6.07) is 12.3. The molecule has 2 N–H and O–H groups in total. The van der Waals surface area contributed by atoms with Crippen molar-refractivity contribution in [1.82, 2.24) is 0 Å². The second-order valence-corrected chi connectivity index (χ2v) is 4.42. The summed E-state index contributed by atoms with van der Waals surface area (Å²) in [7, 11) is 0. The zero-order valence-corrected chi connectivity index (χ0v) is 10.2. The smallest absolute Gasteiger partial charge is 0.127 e. The van der Waals surface area contributed by atoms with Gasteiger partial charge < -0.3 is 5.73 Å². The minimum atomic E-state index is -0.331. The molecule has 0 bridgehead atoms. The normalized spacial score (nSPS) is 12.5. The van der Waals surface area contributed by atoms with Gasteiger partial charge in [0.25, 0.3) is 0 Å². The second kappa shape index (κ2) is 4.86. The van der Waals surface area contributed by atoms with E-state index in [4.69, 9.17) is 17.3 Å². The van der Waals surface area contributed by atoms with Gasteiger partial charge >= 0.3 is 0 Å². The monoisotopic (exact) mass is 249 g/mol. The number of aryl methyl sites for hydroxylation is 1. The molecule has 0 saturated carbocycles. The van der Waals surface area contributed by atoms with Gasteiger partial charge in [-0.2, -0.15) is 0 Å². The first kappa shape index (κ1) is 12.1. The van der Waals surface area contributed by atoms with E-state index in [0.29, 0.717) is 10.6 Å². The van der Waals surface area contributed by atoms with Crippen LogP contribution in [0.15, 0.2) is 42.5 Å². The molecule has 1 atom stereocenters. The number of hydrogen-bond acceptors (Lipinski definition) is 1. The average Bonchev–Trinajstić information content (AvgIpc) is 2.34. The standard InChI is InChI=1S/C14H13ClFN/c1-9-7-11(12(15)8-13(9)16)14(17)10-5-3-2-4-6-10/h2-8,14H,17H2,1H3. The molecule has 0 amide bonds. The van der Waals surface area contributed by atoms with Crippen molar-refractivity contribution >= 4 is 11.6 Å². The van der Waals surface area contributed by atoms with Gasteiger partial charge in [-0.15, -0.1) is 0 Å². The van der Waals surface area contributed by atoms with Crippen LogP contribution in [-0.4, -0.2) is 0 Å². The Kier molecular flexibility index (Phi) is 3.46. The molecule has 2 rings (SSSR count). The number of halogens is 2. The molecular weight excluding hydrogens is 237 g/mol. The summed E-state index contributed by atoms with van der Waals surface area (Å²) < 4.78 is 13.3. The summed E-state index contributed by atoms with van der Waals surface area (Å²) >= 11 is 6.03. The van der Waals surface area contributed by atoms with Crippen LogP contribution < -0.4 is 5.73 Å². The molecule has 88 valence electrons. The molecule has 0 aliphatic heterocycles. The highest BCUT2D eigenvalue weighted by Gasteiger charge is 2.14. The van der Waals surface area contributed by atoms with Crippen LogP contribution in [0.5, 0.6) is 0 Å². The maximum atomic E-state index is 13.3. The van der Waals surface area contributed by atoms with Crippen molar-refractivity contribution in [3.63, 3.8) is 0 Å². The van der Waals surface area contributed by atoms with Gasteiger partial charge in [0.1, 0.15) is 5.82 Å². The summed E-state index contributed by atoms with van der Waals surface area (Å²) in [5, 5.41) is 0.365. The summed E-state index contributed by atoms with van der Waals surface area (Å²) in [5.74, 6) is -0.306. The van der Waals surface area contributed by atoms with Crippen LogP contribution >= 0.6 is 11.6 Å². The lowest BCUT2D eigenvalue weighted by Crippen LogP contribution is -2.12. The van der Waals surface area contributed by atoms with E-state index < -0.39 is 0 Å². The van der Waals surface area contributed by atoms with E-state index >= 15 is 0 Å². The van der Waals surface area contributed by atoms with Crippen molar-refractivity contribution in [2.75, 3.05) is 0 Å². The SMILES string of the molecule is Cc1cc(C(N)c2ccccc2)c(Cl)cc1F. The predicted molar refractivity (Wildman–Crippen MR) is 68.6 cm³/mol. The highest BCUT2D eigenvalue weighted by molar-refractivity contribution is 6.31. The highest BCUT2D eigenvalue weighted by Crippen LogP contribution is 2.28. The Bertz CT molecular complexity index is 525. The molecule has 0 aliphatic rings. The van der Waals surface area contributed by atoms with E-state index in [1.165, 1.54) is 6.07 Å². The van der Waals surface area contributed by atoms with Crippen LogP contribution in [0.25, 0.3) is 0 Å². The van der Waals surface area contributed by atoms with Gasteiger partial charge in [-0.1, -0.05) is 41.9 Å². The molecule has 0 heterocycles. The zero-order valence-electron chi connectivity index (χ0n) is 9.45. The fourth-order valence-corrected chi connectivity index (χ4v) is 2.03. The molecule has 2 aromatic carbocycles. The van der Waals surface area contributed by atoms with Crippen LogP contribution in [0.1, 0.15) is 22.7 Å². The average molecular weight is 250 g/mol. The van der Waals surface area contributed by atoms with Crippen molar-refractivity contribution < 1.29 is 4.39 Å². The molecule has 0 aromatic heterocycles.